The minimum atomic E-state index is 0.463. The molecule has 3 aliphatic rings. The maximum absolute atomic E-state index is 5.93. The summed E-state index contributed by atoms with van der Waals surface area (Å²) < 4.78 is 5.93. The highest BCUT2D eigenvalue weighted by molar-refractivity contribution is 4.97. The molecule has 0 amide bonds. The summed E-state index contributed by atoms with van der Waals surface area (Å²) in [7, 11) is 2.13. The molecule has 3 nitrogen and oxygen atoms in total. The van der Waals surface area contributed by atoms with Crippen LogP contribution in [0.25, 0.3) is 0 Å². The number of nitrogens with zero attached hydrogens (tertiary/aromatic N) is 1. The maximum Gasteiger partial charge on any atom is 0.0707 e. The molecule has 0 aromatic heterocycles. The second-order valence-electron chi connectivity index (χ2n) is 7.23. The summed E-state index contributed by atoms with van der Waals surface area (Å²) in [6.45, 7) is 8.44. The van der Waals surface area contributed by atoms with Gasteiger partial charge in [0.2, 0.25) is 0 Å². The summed E-state index contributed by atoms with van der Waals surface area (Å²) in [6, 6.07) is 0.679. The van der Waals surface area contributed by atoms with Crippen LogP contribution in [0.1, 0.15) is 39.5 Å². The van der Waals surface area contributed by atoms with Crippen LogP contribution in [0.5, 0.6) is 0 Å². The normalized spacial score (nSPS) is 43.5. The van der Waals surface area contributed by atoms with E-state index in [1.807, 2.05) is 0 Å². The molecule has 3 heteroatoms. The Kier molecular flexibility index (Phi) is 3.41. The summed E-state index contributed by atoms with van der Waals surface area (Å²) in [4.78, 5) is 2.67. The van der Waals surface area contributed by atoms with Crippen molar-refractivity contribution in [1.82, 2.24) is 10.2 Å². The number of nitrogens with one attached hydrogen (secondary N) is 1. The van der Waals surface area contributed by atoms with Gasteiger partial charge in [0.25, 0.3) is 0 Å². The molecule has 18 heavy (non-hydrogen) atoms. The number of fused-ring (bicyclic) bond motifs is 2. The van der Waals surface area contributed by atoms with Crippen LogP contribution in [-0.4, -0.2) is 49.8 Å². The SMILES string of the molecule is CNC1C(CN2CC3CCC(C2)O3)CCC1(C)C. The minimum Gasteiger partial charge on any atom is -0.372 e. The van der Waals surface area contributed by atoms with Crippen LogP contribution < -0.4 is 5.32 Å². The van der Waals surface area contributed by atoms with Gasteiger partial charge in [-0.1, -0.05) is 13.8 Å². The quantitative estimate of drug-likeness (QED) is 0.830. The second kappa shape index (κ2) is 4.77. The largest absolute Gasteiger partial charge is 0.372 e. The Balaban J connectivity index is 1.60. The predicted molar refractivity (Wildman–Crippen MR) is 73.7 cm³/mol. The van der Waals surface area contributed by atoms with E-state index in [-0.39, 0.29) is 0 Å². The third-order valence-electron chi connectivity index (χ3n) is 5.40. The van der Waals surface area contributed by atoms with E-state index in [1.165, 1.54) is 45.3 Å². The predicted octanol–water partition coefficient (Wildman–Crippen LogP) is 1.87. The summed E-state index contributed by atoms with van der Waals surface area (Å²) in [6.07, 6.45) is 6.38. The molecule has 0 aromatic rings. The fourth-order valence-corrected chi connectivity index (χ4v) is 4.52. The lowest BCUT2D eigenvalue weighted by Crippen LogP contribution is -2.48. The fraction of sp³-hybridized carbons (Fsp3) is 1.00. The first-order valence-electron chi connectivity index (χ1n) is 7.63. The lowest BCUT2D eigenvalue weighted by Gasteiger charge is -2.37. The van der Waals surface area contributed by atoms with Gasteiger partial charge in [-0.3, -0.25) is 4.90 Å². The number of likely N-dealkylation sites (tertiary alicyclic amines) is 1. The van der Waals surface area contributed by atoms with Crippen molar-refractivity contribution in [2.24, 2.45) is 11.3 Å². The first-order valence-corrected chi connectivity index (χ1v) is 7.63. The van der Waals surface area contributed by atoms with E-state index >= 15 is 0 Å². The fourth-order valence-electron chi connectivity index (χ4n) is 4.52. The Hall–Kier alpha value is -0.120. The van der Waals surface area contributed by atoms with E-state index < -0.39 is 0 Å². The Bertz CT molecular complexity index is 293. The van der Waals surface area contributed by atoms with E-state index in [1.54, 1.807) is 0 Å². The average Bonchev–Trinajstić information content (AvgIpc) is 2.79. The summed E-state index contributed by atoms with van der Waals surface area (Å²) >= 11 is 0. The number of rotatable bonds is 3. The lowest BCUT2D eigenvalue weighted by atomic mass is 9.85. The van der Waals surface area contributed by atoms with E-state index in [0.717, 1.165) is 5.92 Å². The summed E-state index contributed by atoms with van der Waals surface area (Å²) in [5.74, 6) is 0.822. The van der Waals surface area contributed by atoms with Crippen molar-refractivity contribution < 1.29 is 4.74 Å². The molecule has 2 aliphatic heterocycles. The molecule has 4 atom stereocenters. The minimum absolute atomic E-state index is 0.463. The second-order valence-corrected chi connectivity index (χ2v) is 7.23. The average molecular weight is 252 g/mol. The molecule has 2 bridgehead atoms. The van der Waals surface area contributed by atoms with Gasteiger partial charge in [0.05, 0.1) is 12.2 Å². The molecule has 1 saturated carbocycles. The Morgan fingerprint density at radius 2 is 1.83 bits per heavy atom. The van der Waals surface area contributed by atoms with Gasteiger partial charge in [0.15, 0.2) is 0 Å². The van der Waals surface area contributed by atoms with Crippen LogP contribution in [0.3, 0.4) is 0 Å². The topological polar surface area (TPSA) is 24.5 Å². The number of hydrogen-bond acceptors (Lipinski definition) is 3. The molecule has 1 N–H and O–H groups in total. The summed E-state index contributed by atoms with van der Waals surface area (Å²) in [5.41, 5.74) is 0.463. The number of ether oxygens (including phenoxy) is 1. The Morgan fingerprint density at radius 1 is 1.17 bits per heavy atom. The van der Waals surface area contributed by atoms with E-state index in [0.29, 0.717) is 23.7 Å². The van der Waals surface area contributed by atoms with Crippen LogP contribution in [0.4, 0.5) is 0 Å². The Morgan fingerprint density at radius 3 is 2.44 bits per heavy atom. The van der Waals surface area contributed by atoms with E-state index in [2.05, 4.69) is 31.1 Å². The van der Waals surface area contributed by atoms with Crippen molar-refractivity contribution in [2.75, 3.05) is 26.7 Å². The monoisotopic (exact) mass is 252 g/mol. The van der Waals surface area contributed by atoms with Crippen LogP contribution in [0.2, 0.25) is 0 Å². The lowest BCUT2D eigenvalue weighted by molar-refractivity contribution is -0.0437. The highest BCUT2D eigenvalue weighted by Gasteiger charge is 2.42. The van der Waals surface area contributed by atoms with Gasteiger partial charge >= 0.3 is 0 Å². The third-order valence-corrected chi connectivity index (χ3v) is 5.40. The van der Waals surface area contributed by atoms with E-state index in [9.17, 15) is 0 Å². The Labute approximate surface area is 111 Å². The number of hydrogen-bond donors (Lipinski definition) is 1. The first kappa shape index (κ1) is 12.9. The molecule has 2 saturated heterocycles. The molecule has 0 spiro atoms. The summed E-state index contributed by atoms with van der Waals surface area (Å²) in [5, 5.41) is 3.57. The number of morpholine rings is 1. The zero-order valence-electron chi connectivity index (χ0n) is 12.1. The van der Waals surface area contributed by atoms with Gasteiger partial charge in [-0.15, -0.1) is 0 Å². The highest BCUT2D eigenvalue weighted by Crippen LogP contribution is 2.42. The molecule has 3 rings (SSSR count). The molecular weight excluding hydrogens is 224 g/mol. The molecule has 0 aromatic carbocycles. The zero-order chi connectivity index (χ0) is 12.8. The highest BCUT2D eigenvalue weighted by atomic mass is 16.5. The third kappa shape index (κ3) is 2.33. The molecular formula is C15H28N2O. The van der Waals surface area contributed by atoms with Crippen LogP contribution in [0.15, 0.2) is 0 Å². The van der Waals surface area contributed by atoms with Gasteiger partial charge in [0.1, 0.15) is 0 Å². The molecule has 0 radical (unpaired) electrons. The van der Waals surface area contributed by atoms with Gasteiger partial charge in [-0.2, -0.15) is 0 Å². The van der Waals surface area contributed by atoms with Crippen molar-refractivity contribution in [3.8, 4) is 0 Å². The van der Waals surface area contributed by atoms with Crippen molar-refractivity contribution in [3.63, 3.8) is 0 Å². The molecule has 1 aliphatic carbocycles. The van der Waals surface area contributed by atoms with Gasteiger partial charge in [-0.05, 0) is 44.1 Å². The standard InChI is InChI=1S/C15H28N2O/c1-15(2)7-6-11(14(15)16-3)8-17-9-12-4-5-13(10-17)18-12/h11-14,16H,4-10H2,1-3H3. The van der Waals surface area contributed by atoms with Crippen molar-refractivity contribution in [2.45, 2.75) is 57.8 Å². The smallest absolute Gasteiger partial charge is 0.0707 e. The molecule has 104 valence electrons. The maximum atomic E-state index is 5.93. The molecule has 3 fully saturated rings. The van der Waals surface area contributed by atoms with Crippen molar-refractivity contribution >= 4 is 0 Å². The van der Waals surface area contributed by atoms with Crippen molar-refractivity contribution in [1.29, 1.82) is 0 Å². The van der Waals surface area contributed by atoms with Gasteiger partial charge in [-0.25, -0.2) is 0 Å². The molecule has 4 unspecified atom stereocenters. The van der Waals surface area contributed by atoms with E-state index in [4.69, 9.17) is 4.74 Å². The first-order chi connectivity index (χ1) is 8.58. The molecule has 2 heterocycles. The van der Waals surface area contributed by atoms with Crippen LogP contribution in [-0.2, 0) is 4.74 Å². The van der Waals surface area contributed by atoms with Crippen LogP contribution >= 0.6 is 0 Å². The van der Waals surface area contributed by atoms with Crippen molar-refractivity contribution in [3.05, 3.63) is 0 Å². The van der Waals surface area contributed by atoms with Gasteiger partial charge in [0, 0.05) is 25.7 Å². The van der Waals surface area contributed by atoms with Crippen LogP contribution in [0, 0.1) is 11.3 Å². The zero-order valence-corrected chi connectivity index (χ0v) is 12.1. The van der Waals surface area contributed by atoms with Gasteiger partial charge < -0.3 is 10.1 Å².